The Morgan fingerprint density at radius 3 is 2.85 bits per heavy atom. The highest BCUT2D eigenvalue weighted by Gasteiger charge is 2.20. The van der Waals surface area contributed by atoms with E-state index in [4.69, 9.17) is 4.42 Å². The fraction of sp³-hybridized carbons (Fsp3) is 0.429. The van der Waals surface area contributed by atoms with E-state index in [1.54, 1.807) is 29.4 Å². The summed E-state index contributed by atoms with van der Waals surface area (Å²) in [5.74, 6) is 0.772. The Kier molecular flexibility index (Phi) is 4.57. The molecule has 20 heavy (non-hydrogen) atoms. The third kappa shape index (κ3) is 3.27. The summed E-state index contributed by atoms with van der Waals surface area (Å²) in [4.78, 5) is 14.1. The van der Waals surface area contributed by atoms with Gasteiger partial charge in [-0.05, 0) is 39.2 Å². The smallest absolute Gasteiger partial charge is 0.244 e. The highest BCUT2D eigenvalue weighted by Crippen LogP contribution is 2.17. The van der Waals surface area contributed by atoms with Crippen LogP contribution < -0.4 is 5.32 Å². The van der Waals surface area contributed by atoms with Gasteiger partial charge in [-0.15, -0.1) is 0 Å². The monoisotopic (exact) mass is 276 g/mol. The molecule has 0 aromatic carbocycles. The lowest BCUT2D eigenvalue weighted by Crippen LogP contribution is -2.37. The van der Waals surface area contributed by atoms with E-state index in [1.165, 1.54) is 0 Å². The molecule has 0 fully saturated rings. The molecule has 0 unspecified atom stereocenters. The van der Waals surface area contributed by atoms with Crippen molar-refractivity contribution in [3.8, 4) is 0 Å². The topological polar surface area (TPSA) is 63.3 Å². The van der Waals surface area contributed by atoms with E-state index in [0.29, 0.717) is 6.54 Å². The molecule has 0 aliphatic heterocycles. The maximum atomic E-state index is 12.1. The van der Waals surface area contributed by atoms with Gasteiger partial charge >= 0.3 is 0 Å². The highest BCUT2D eigenvalue weighted by molar-refractivity contribution is 5.79. The zero-order valence-corrected chi connectivity index (χ0v) is 12.0. The fourth-order valence-corrected chi connectivity index (χ4v) is 1.99. The molecule has 0 bridgehead atoms. The van der Waals surface area contributed by atoms with Gasteiger partial charge < -0.3 is 9.73 Å². The second-order valence-electron chi connectivity index (χ2n) is 4.90. The van der Waals surface area contributed by atoms with E-state index < -0.39 is 0 Å². The lowest BCUT2D eigenvalue weighted by Gasteiger charge is -2.23. The predicted octanol–water partition coefficient (Wildman–Crippen LogP) is 1.46. The number of amides is 1. The molecule has 2 rings (SSSR count). The standard InChI is InChI=1S/C14H20N4O2/c1-11(18-8-5-7-16-18)14(19)15-10-12(17(2)3)13-6-4-9-20-13/h4-9,11-12H,10H2,1-3H3,(H,15,19)/t11-,12+/m1/s1. The quantitative estimate of drug-likeness (QED) is 0.867. The van der Waals surface area contributed by atoms with E-state index in [-0.39, 0.29) is 18.0 Å². The van der Waals surface area contributed by atoms with E-state index in [0.717, 1.165) is 5.76 Å². The average molecular weight is 276 g/mol. The maximum Gasteiger partial charge on any atom is 0.244 e. The molecule has 0 aliphatic rings. The van der Waals surface area contributed by atoms with E-state index in [1.807, 2.05) is 38.1 Å². The first-order valence-electron chi connectivity index (χ1n) is 6.56. The van der Waals surface area contributed by atoms with Crippen LogP contribution in [0.2, 0.25) is 0 Å². The van der Waals surface area contributed by atoms with Crippen LogP contribution in [-0.4, -0.2) is 41.2 Å². The van der Waals surface area contributed by atoms with Crippen LogP contribution in [-0.2, 0) is 4.79 Å². The van der Waals surface area contributed by atoms with Crippen LogP contribution in [0.4, 0.5) is 0 Å². The predicted molar refractivity (Wildman–Crippen MR) is 75.1 cm³/mol. The molecule has 1 amide bonds. The third-order valence-corrected chi connectivity index (χ3v) is 3.27. The second-order valence-corrected chi connectivity index (χ2v) is 4.90. The average Bonchev–Trinajstić information content (AvgIpc) is 3.10. The molecule has 2 heterocycles. The normalized spacial score (nSPS) is 14.2. The van der Waals surface area contributed by atoms with Gasteiger partial charge in [0.05, 0.1) is 12.3 Å². The Morgan fingerprint density at radius 1 is 1.50 bits per heavy atom. The van der Waals surface area contributed by atoms with Crippen LogP contribution in [0.1, 0.15) is 24.8 Å². The Hall–Kier alpha value is -2.08. The molecule has 0 aliphatic carbocycles. The van der Waals surface area contributed by atoms with Crippen LogP contribution in [0.3, 0.4) is 0 Å². The summed E-state index contributed by atoms with van der Waals surface area (Å²) in [5, 5.41) is 7.02. The fourth-order valence-electron chi connectivity index (χ4n) is 1.99. The van der Waals surface area contributed by atoms with Crippen molar-refractivity contribution in [2.75, 3.05) is 20.6 Å². The van der Waals surface area contributed by atoms with Crippen LogP contribution in [0, 0.1) is 0 Å². The van der Waals surface area contributed by atoms with E-state index in [9.17, 15) is 4.79 Å². The SMILES string of the molecule is C[C@H](C(=O)NC[C@@H](c1ccco1)N(C)C)n1cccn1. The van der Waals surface area contributed by atoms with Crippen molar-refractivity contribution in [3.05, 3.63) is 42.6 Å². The van der Waals surface area contributed by atoms with Crippen LogP contribution in [0.5, 0.6) is 0 Å². The minimum Gasteiger partial charge on any atom is -0.468 e. The number of hydrogen-bond donors (Lipinski definition) is 1. The molecule has 6 heteroatoms. The van der Waals surface area contributed by atoms with Gasteiger partial charge in [-0.25, -0.2) is 0 Å². The molecule has 2 aromatic heterocycles. The second kappa shape index (κ2) is 6.38. The molecule has 0 radical (unpaired) electrons. The van der Waals surface area contributed by atoms with Gasteiger partial charge in [-0.3, -0.25) is 14.4 Å². The summed E-state index contributed by atoms with van der Waals surface area (Å²) in [6.45, 7) is 2.31. The van der Waals surface area contributed by atoms with Gasteiger partial charge in [-0.2, -0.15) is 5.10 Å². The lowest BCUT2D eigenvalue weighted by atomic mass is 10.2. The zero-order valence-electron chi connectivity index (χ0n) is 12.0. The number of carbonyl (C=O) groups excluding carboxylic acids is 1. The summed E-state index contributed by atoms with van der Waals surface area (Å²) in [6, 6.07) is 5.24. The molecule has 2 atom stereocenters. The molecule has 108 valence electrons. The summed E-state index contributed by atoms with van der Waals surface area (Å²) < 4.78 is 7.04. The molecule has 6 nitrogen and oxygen atoms in total. The Balaban J connectivity index is 1.94. The first kappa shape index (κ1) is 14.3. The van der Waals surface area contributed by atoms with Crippen molar-refractivity contribution in [2.24, 2.45) is 0 Å². The van der Waals surface area contributed by atoms with Crippen molar-refractivity contribution in [1.82, 2.24) is 20.0 Å². The Bertz CT molecular complexity index is 519. The van der Waals surface area contributed by atoms with Crippen LogP contribution >= 0.6 is 0 Å². The maximum absolute atomic E-state index is 12.1. The van der Waals surface area contributed by atoms with E-state index in [2.05, 4.69) is 10.4 Å². The third-order valence-electron chi connectivity index (χ3n) is 3.27. The van der Waals surface area contributed by atoms with Gasteiger partial charge in [0.25, 0.3) is 0 Å². The molecule has 0 saturated carbocycles. The summed E-state index contributed by atoms with van der Waals surface area (Å²) >= 11 is 0. The highest BCUT2D eigenvalue weighted by atomic mass is 16.3. The summed E-state index contributed by atoms with van der Waals surface area (Å²) in [5.41, 5.74) is 0. The van der Waals surface area contributed by atoms with Crippen molar-refractivity contribution < 1.29 is 9.21 Å². The molecule has 0 spiro atoms. The van der Waals surface area contributed by atoms with E-state index >= 15 is 0 Å². The lowest BCUT2D eigenvalue weighted by molar-refractivity contribution is -0.124. The molecule has 1 N–H and O–H groups in total. The first-order chi connectivity index (χ1) is 9.59. The minimum atomic E-state index is -0.329. The number of aromatic nitrogens is 2. The Labute approximate surface area is 118 Å². The van der Waals surface area contributed by atoms with Crippen molar-refractivity contribution in [2.45, 2.75) is 19.0 Å². The Morgan fingerprint density at radius 2 is 2.30 bits per heavy atom. The van der Waals surface area contributed by atoms with Crippen molar-refractivity contribution >= 4 is 5.91 Å². The van der Waals surface area contributed by atoms with Gasteiger partial charge in [-0.1, -0.05) is 0 Å². The summed E-state index contributed by atoms with van der Waals surface area (Å²) in [7, 11) is 3.91. The minimum absolute atomic E-state index is 0.0128. The van der Waals surface area contributed by atoms with Crippen molar-refractivity contribution in [3.63, 3.8) is 0 Å². The van der Waals surface area contributed by atoms with Gasteiger partial charge in [0, 0.05) is 18.9 Å². The zero-order chi connectivity index (χ0) is 14.5. The largest absolute Gasteiger partial charge is 0.468 e. The van der Waals surface area contributed by atoms with Crippen LogP contribution in [0.25, 0.3) is 0 Å². The molecular formula is C14H20N4O2. The van der Waals surface area contributed by atoms with Gasteiger partial charge in [0.2, 0.25) is 5.91 Å². The van der Waals surface area contributed by atoms with Crippen molar-refractivity contribution in [1.29, 1.82) is 0 Å². The molecular weight excluding hydrogens is 256 g/mol. The number of furan rings is 1. The summed E-state index contributed by atoms with van der Waals surface area (Å²) in [6.07, 6.45) is 5.08. The number of hydrogen-bond acceptors (Lipinski definition) is 4. The number of likely N-dealkylation sites (N-methyl/N-ethyl adjacent to an activating group) is 1. The molecule has 0 saturated heterocycles. The number of nitrogens with zero attached hydrogens (tertiary/aromatic N) is 3. The number of nitrogens with one attached hydrogen (secondary N) is 1. The first-order valence-corrected chi connectivity index (χ1v) is 6.56. The molecule has 2 aromatic rings. The number of rotatable bonds is 6. The van der Waals surface area contributed by atoms with Crippen LogP contribution in [0.15, 0.2) is 41.3 Å². The van der Waals surface area contributed by atoms with Gasteiger partial charge in [0.15, 0.2) is 0 Å². The van der Waals surface area contributed by atoms with Gasteiger partial charge in [0.1, 0.15) is 11.8 Å². The number of carbonyl (C=O) groups is 1.